The average Bonchev–Trinajstić information content (AvgIpc) is 2.79. The van der Waals surface area contributed by atoms with Gasteiger partial charge in [0.05, 0.1) is 41.1 Å². The molecule has 0 radical (unpaired) electrons. The minimum Gasteiger partial charge on any atom is -0.465 e. The molecular formula is C24H21F9N2O4. The van der Waals surface area contributed by atoms with Gasteiger partial charge in [-0.15, -0.1) is 0 Å². The van der Waals surface area contributed by atoms with E-state index in [0.29, 0.717) is 24.3 Å². The molecule has 1 aliphatic rings. The number of fused-ring (bicyclic) bond motifs is 1. The number of anilines is 1. The first-order valence-electron chi connectivity index (χ1n) is 11.1. The van der Waals surface area contributed by atoms with Crippen molar-refractivity contribution in [3.8, 4) is 0 Å². The summed E-state index contributed by atoms with van der Waals surface area (Å²) in [6.45, 7) is -0.160. The van der Waals surface area contributed by atoms with Gasteiger partial charge >= 0.3 is 24.6 Å². The van der Waals surface area contributed by atoms with Gasteiger partial charge in [-0.2, -0.15) is 39.5 Å². The molecule has 1 heterocycles. The molecule has 2 aromatic rings. The number of alkyl halides is 9. The molecule has 0 saturated heterocycles. The topological polar surface area (TPSA) is 70.1 Å². The van der Waals surface area contributed by atoms with Gasteiger partial charge in [-0.1, -0.05) is 0 Å². The highest BCUT2D eigenvalue weighted by molar-refractivity contribution is 5.89. The summed E-state index contributed by atoms with van der Waals surface area (Å²) in [6, 6.07) is 0.464. The van der Waals surface area contributed by atoms with Crippen molar-refractivity contribution in [1.29, 1.82) is 0 Å². The Bertz CT molecular complexity index is 1210. The van der Waals surface area contributed by atoms with Gasteiger partial charge in [0.1, 0.15) is 0 Å². The Balaban J connectivity index is 2.20. The van der Waals surface area contributed by atoms with Gasteiger partial charge in [0, 0.05) is 20.6 Å². The second-order valence-corrected chi connectivity index (χ2v) is 8.85. The lowest BCUT2D eigenvalue weighted by Gasteiger charge is -2.43. The number of benzene rings is 2. The largest absolute Gasteiger partial charge is 0.465 e. The molecule has 6 nitrogen and oxygen atoms in total. The fraction of sp³-hybridized carbons (Fsp3) is 0.417. The number of methoxy groups -OCH3 is 1. The molecule has 1 aliphatic heterocycles. The van der Waals surface area contributed by atoms with Crippen LogP contribution in [-0.4, -0.2) is 41.8 Å². The minimum atomic E-state index is -5.17. The second-order valence-electron chi connectivity index (χ2n) is 8.85. The third-order valence-electron chi connectivity index (χ3n) is 6.18. The molecule has 2 amide bonds. The van der Waals surface area contributed by atoms with Crippen LogP contribution in [0.3, 0.4) is 0 Å². The lowest BCUT2D eigenvalue weighted by Crippen LogP contribution is -2.49. The molecular weight excluding hydrogens is 551 g/mol. The highest BCUT2D eigenvalue weighted by Gasteiger charge is 2.42. The van der Waals surface area contributed by atoms with Crippen molar-refractivity contribution in [2.75, 3.05) is 18.6 Å². The molecule has 0 aliphatic carbocycles. The number of hydrogen-bond donors (Lipinski definition) is 1. The quantitative estimate of drug-likeness (QED) is 0.404. The highest BCUT2D eigenvalue weighted by Crippen LogP contribution is 2.44. The van der Waals surface area contributed by atoms with Crippen molar-refractivity contribution < 1.29 is 58.9 Å². The first kappa shape index (κ1) is 30.1. The molecule has 0 saturated carbocycles. The predicted molar refractivity (Wildman–Crippen MR) is 118 cm³/mol. The van der Waals surface area contributed by atoms with Crippen LogP contribution >= 0.6 is 0 Å². The summed E-state index contributed by atoms with van der Waals surface area (Å²) in [7, 11) is 1.22. The normalized spacial score (nSPS) is 18.1. The molecule has 0 spiro atoms. The average molecular weight is 572 g/mol. The number of carbonyl (C=O) groups excluding carboxylic acids is 1. The number of rotatable bonds is 5. The monoisotopic (exact) mass is 572 g/mol. The Morgan fingerprint density at radius 1 is 0.923 bits per heavy atom. The summed E-state index contributed by atoms with van der Waals surface area (Å²) in [4.78, 5) is 26.2. The lowest BCUT2D eigenvalue weighted by molar-refractivity contribution is -0.143. The Hall–Kier alpha value is -3.49. The Kier molecular flexibility index (Phi) is 8.16. The fourth-order valence-corrected chi connectivity index (χ4v) is 4.54. The zero-order valence-electron chi connectivity index (χ0n) is 20.2. The van der Waals surface area contributed by atoms with Crippen LogP contribution in [0.5, 0.6) is 0 Å². The summed E-state index contributed by atoms with van der Waals surface area (Å²) in [5.41, 5.74) is -5.56. The van der Waals surface area contributed by atoms with E-state index in [1.165, 1.54) is 7.11 Å². The Morgan fingerprint density at radius 3 is 1.90 bits per heavy atom. The molecule has 214 valence electrons. The van der Waals surface area contributed by atoms with Crippen LogP contribution in [0.25, 0.3) is 0 Å². The molecule has 15 heteroatoms. The van der Waals surface area contributed by atoms with Crippen LogP contribution in [-0.2, 0) is 34.6 Å². The van der Waals surface area contributed by atoms with Crippen molar-refractivity contribution in [2.45, 2.75) is 50.5 Å². The van der Waals surface area contributed by atoms with E-state index < -0.39 is 71.4 Å². The van der Waals surface area contributed by atoms with Crippen LogP contribution in [0.2, 0.25) is 0 Å². The standard InChI is InChI=1S/C24H21F9N2O4/c1-12(36)34(10-13-5-15(23(28,29)30)7-16(6-13)24(31,32)33)20-9-17(11-39-2)35(21(37)38)19-4-3-14(8-18(19)20)22(25,26)27/h3-8,17,20H,9-11H2,1-2H3,(H,37,38). The number of carbonyl (C=O) groups is 2. The minimum absolute atomic E-state index is 0.0908. The van der Waals surface area contributed by atoms with Crippen LogP contribution in [0, 0.1) is 0 Å². The molecule has 2 atom stereocenters. The van der Waals surface area contributed by atoms with Crippen molar-refractivity contribution in [2.24, 2.45) is 0 Å². The van der Waals surface area contributed by atoms with Gasteiger partial charge in [0.2, 0.25) is 5.91 Å². The fourth-order valence-electron chi connectivity index (χ4n) is 4.54. The third-order valence-corrected chi connectivity index (χ3v) is 6.18. The van der Waals surface area contributed by atoms with Crippen molar-refractivity contribution in [3.05, 3.63) is 64.2 Å². The molecule has 2 aromatic carbocycles. The molecule has 1 N–H and O–H groups in total. The summed E-state index contributed by atoms with van der Waals surface area (Å²) >= 11 is 0. The maximum atomic E-state index is 13.5. The zero-order valence-corrected chi connectivity index (χ0v) is 20.2. The Morgan fingerprint density at radius 2 is 1.46 bits per heavy atom. The summed E-state index contributed by atoms with van der Waals surface area (Å²) in [5, 5.41) is 9.75. The van der Waals surface area contributed by atoms with E-state index in [1.807, 2.05) is 0 Å². The van der Waals surface area contributed by atoms with Gasteiger partial charge in [-0.25, -0.2) is 4.79 Å². The number of amides is 2. The van der Waals surface area contributed by atoms with Crippen molar-refractivity contribution >= 4 is 17.7 Å². The first-order valence-corrected chi connectivity index (χ1v) is 11.1. The van der Waals surface area contributed by atoms with Crippen LogP contribution in [0.15, 0.2) is 36.4 Å². The van der Waals surface area contributed by atoms with Crippen molar-refractivity contribution in [1.82, 2.24) is 4.90 Å². The molecule has 0 fully saturated rings. The second kappa shape index (κ2) is 10.6. The maximum absolute atomic E-state index is 13.5. The molecule has 3 rings (SSSR count). The zero-order chi connectivity index (χ0) is 29.5. The van der Waals surface area contributed by atoms with E-state index in [0.717, 1.165) is 22.8 Å². The molecule has 39 heavy (non-hydrogen) atoms. The lowest BCUT2D eigenvalue weighted by atomic mass is 9.88. The first-order chi connectivity index (χ1) is 17.8. The molecule has 2 unspecified atom stereocenters. The van der Waals surface area contributed by atoms with Crippen LogP contribution < -0.4 is 4.90 Å². The van der Waals surface area contributed by atoms with E-state index in [-0.39, 0.29) is 30.3 Å². The predicted octanol–water partition coefficient (Wildman–Crippen LogP) is 6.74. The SMILES string of the molecule is COCC1CC(N(Cc2cc(C(F)(F)F)cc(C(F)(F)F)c2)C(C)=O)c2cc(C(F)(F)F)ccc2N1C(=O)O. The number of nitrogens with zero attached hydrogens (tertiary/aromatic N) is 2. The van der Waals surface area contributed by atoms with Gasteiger partial charge < -0.3 is 14.7 Å². The summed E-state index contributed by atoms with van der Waals surface area (Å²) in [6.07, 6.45) is -17.1. The van der Waals surface area contributed by atoms with E-state index in [9.17, 15) is 54.2 Å². The van der Waals surface area contributed by atoms with Gasteiger partial charge in [-0.3, -0.25) is 9.69 Å². The van der Waals surface area contributed by atoms with E-state index in [2.05, 4.69) is 0 Å². The van der Waals surface area contributed by atoms with Gasteiger partial charge in [0.25, 0.3) is 0 Å². The smallest absolute Gasteiger partial charge is 0.416 e. The van der Waals surface area contributed by atoms with Crippen molar-refractivity contribution in [3.63, 3.8) is 0 Å². The highest BCUT2D eigenvalue weighted by atomic mass is 19.4. The van der Waals surface area contributed by atoms with E-state index >= 15 is 0 Å². The third kappa shape index (κ3) is 6.57. The number of ether oxygens (including phenoxy) is 1. The maximum Gasteiger partial charge on any atom is 0.416 e. The van der Waals surface area contributed by atoms with Gasteiger partial charge in [-0.05, 0) is 53.9 Å². The molecule has 0 bridgehead atoms. The Labute approximate surface area is 215 Å². The van der Waals surface area contributed by atoms with Crippen LogP contribution in [0.1, 0.15) is 47.2 Å². The van der Waals surface area contributed by atoms with E-state index in [1.54, 1.807) is 0 Å². The summed E-state index contributed by atoms with van der Waals surface area (Å²) in [5.74, 6) is -0.880. The number of carboxylic acid groups (broad SMARTS) is 1. The van der Waals surface area contributed by atoms with Gasteiger partial charge in [0.15, 0.2) is 0 Å². The number of hydrogen-bond acceptors (Lipinski definition) is 3. The molecule has 0 aromatic heterocycles. The van der Waals surface area contributed by atoms with Crippen LogP contribution in [0.4, 0.5) is 50.0 Å². The summed E-state index contributed by atoms with van der Waals surface area (Å²) < 4.78 is 126. The number of halogens is 9. The van der Waals surface area contributed by atoms with E-state index in [4.69, 9.17) is 4.74 Å².